The van der Waals surface area contributed by atoms with E-state index in [0.29, 0.717) is 0 Å². The molecule has 0 N–H and O–H groups in total. The quantitative estimate of drug-likeness (QED) is 0.662. The molecule has 0 aromatic heterocycles. The Hall–Kier alpha value is -0.760. The van der Waals surface area contributed by atoms with Crippen LogP contribution in [-0.4, -0.2) is 18.3 Å². The summed E-state index contributed by atoms with van der Waals surface area (Å²) in [6.07, 6.45) is 3.98. The zero-order valence-corrected chi connectivity index (χ0v) is 7.93. The number of aryl methyl sites for hydroxylation is 1. The summed E-state index contributed by atoms with van der Waals surface area (Å²) in [4.78, 5) is 10.6. The van der Waals surface area contributed by atoms with Crippen molar-refractivity contribution in [1.29, 1.82) is 0 Å². The minimum atomic E-state index is 0.826. The van der Waals surface area contributed by atoms with Crippen molar-refractivity contribution >= 4 is 18.0 Å². The van der Waals surface area contributed by atoms with Crippen LogP contribution in [0.25, 0.3) is 0 Å². The zero-order valence-electron chi connectivity index (χ0n) is 7.12. The summed E-state index contributed by atoms with van der Waals surface area (Å²) in [5.41, 5.74) is 1.98. The summed E-state index contributed by atoms with van der Waals surface area (Å²) in [5.74, 6) is 1.07. The second-order valence-electron chi connectivity index (χ2n) is 2.56. The Bertz CT molecular complexity index is 258. The van der Waals surface area contributed by atoms with Crippen molar-refractivity contribution in [3.63, 3.8) is 0 Å². The van der Waals surface area contributed by atoms with Crippen LogP contribution in [0.3, 0.4) is 0 Å². The minimum Gasteiger partial charge on any atom is -0.298 e. The van der Waals surface area contributed by atoms with Crippen LogP contribution in [0.4, 0.5) is 0 Å². The van der Waals surface area contributed by atoms with E-state index in [1.807, 2.05) is 24.3 Å². The molecule has 64 valence electrons. The summed E-state index contributed by atoms with van der Waals surface area (Å²) in [6.45, 7) is 0. The molecule has 0 heterocycles. The number of aldehydes is 1. The van der Waals surface area contributed by atoms with Gasteiger partial charge >= 0.3 is 0 Å². The molecule has 0 fully saturated rings. The molecule has 0 amide bonds. The topological polar surface area (TPSA) is 17.1 Å². The molecule has 0 radical (unpaired) electrons. The Morgan fingerprint density at radius 3 is 2.83 bits per heavy atom. The van der Waals surface area contributed by atoms with E-state index in [0.717, 1.165) is 29.6 Å². The van der Waals surface area contributed by atoms with Crippen LogP contribution in [0, 0.1) is 0 Å². The van der Waals surface area contributed by atoms with Gasteiger partial charge in [-0.15, -0.1) is 0 Å². The number of benzene rings is 1. The molecule has 0 aliphatic carbocycles. The van der Waals surface area contributed by atoms with Gasteiger partial charge in [0.15, 0.2) is 0 Å². The van der Waals surface area contributed by atoms with Crippen LogP contribution in [0.2, 0.25) is 0 Å². The van der Waals surface area contributed by atoms with E-state index in [2.05, 4.69) is 6.26 Å². The number of carbonyl (C=O) groups excluding carboxylic acids is 1. The molecule has 0 aliphatic heterocycles. The molecule has 2 heteroatoms. The molecule has 1 nitrogen and oxygen atoms in total. The normalized spacial score (nSPS) is 9.75. The van der Waals surface area contributed by atoms with Crippen molar-refractivity contribution in [3.05, 3.63) is 35.4 Å². The van der Waals surface area contributed by atoms with Gasteiger partial charge in [-0.25, -0.2) is 0 Å². The first kappa shape index (κ1) is 9.33. The molecule has 1 aromatic rings. The van der Waals surface area contributed by atoms with E-state index < -0.39 is 0 Å². The van der Waals surface area contributed by atoms with Crippen LogP contribution in [0.15, 0.2) is 24.3 Å². The van der Waals surface area contributed by atoms with Gasteiger partial charge in [0.05, 0.1) is 0 Å². The summed E-state index contributed by atoms with van der Waals surface area (Å²) < 4.78 is 0. The minimum absolute atomic E-state index is 0.826. The van der Waals surface area contributed by atoms with Crippen molar-refractivity contribution in [1.82, 2.24) is 0 Å². The van der Waals surface area contributed by atoms with Gasteiger partial charge in [0, 0.05) is 5.56 Å². The van der Waals surface area contributed by atoms with Gasteiger partial charge in [-0.3, -0.25) is 4.79 Å². The van der Waals surface area contributed by atoms with Crippen molar-refractivity contribution < 1.29 is 4.79 Å². The lowest BCUT2D eigenvalue weighted by atomic mass is 10.1. The fraction of sp³-hybridized carbons (Fsp3) is 0.300. The van der Waals surface area contributed by atoms with E-state index in [-0.39, 0.29) is 0 Å². The van der Waals surface area contributed by atoms with Gasteiger partial charge in [-0.1, -0.05) is 24.3 Å². The average molecular weight is 180 g/mol. The third-order valence-corrected chi connectivity index (χ3v) is 2.37. The van der Waals surface area contributed by atoms with Crippen LogP contribution < -0.4 is 0 Å². The second kappa shape index (κ2) is 4.99. The number of rotatable bonds is 4. The Morgan fingerprint density at radius 2 is 2.17 bits per heavy atom. The summed E-state index contributed by atoms with van der Waals surface area (Å²) in [5, 5.41) is 0. The molecule has 0 bridgehead atoms. The zero-order chi connectivity index (χ0) is 8.81. The predicted octanol–water partition coefficient (Wildman–Crippen LogP) is 2.40. The van der Waals surface area contributed by atoms with Gasteiger partial charge in [0.1, 0.15) is 6.29 Å². The molecular weight excluding hydrogens is 168 g/mol. The summed E-state index contributed by atoms with van der Waals surface area (Å²) >= 11 is 1.80. The Balaban J connectivity index is 2.75. The molecule has 1 aromatic carbocycles. The van der Waals surface area contributed by atoms with Crippen LogP contribution >= 0.6 is 11.8 Å². The van der Waals surface area contributed by atoms with E-state index in [9.17, 15) is 4.79 Å². The van der Waals surface area contributed by atoms with Gasteiger partial charge in [0.2, 0.25) is 0 Å². The number of thioether (sulfide) groups is 1. The Labute approximate surface area is 77.2 Å². The van der Waals surface area contributed by atoms with Crippen molar-refractivity contribution in [2.75, 3.05) is 12.0 Å². The first-order valence-electron chi connectivity index (χ1n) is 3.90. The predicted molar refractivity (Wildman–Crippen MR) is 53.9 cm³/mol. The molecule has 0 spiro atoms. The van der Waals surface area contributed by atoms with Gasteiger partial charge < -0.3 is 0 Å². The van der Waals surface area contributed by atoms with E-state index in [4.69, 9.17) is 0 Å². The van der Waals surface area contributed by atoms with E-state index in [1.165, 1.54) is 0 Å². The lowest BCUT2D eigenvalue weighted by Gasteiger charge is -2.01. The second-order valence-corrected chi connectivity index (χ2v) is 3.55. The first-order valence-corrected chi connectivity index (χ1v) is 5.30. The largest absolute Gasteiger partial charge is 0.298 e. The highest BCUT2D eigenvalue weighted by Crippen LogP contribution is 2.09. The highest BCUT2D eigenvalue weighted by atomic mass is 32.2. The fourth-order valence-corrected chi connectivity index (χ4v) is 1.51. The highest BCUT2D eigenvalue weighted by molar-refractivity contribution is 7.98. The number of hydrogen-bond acceptors (Lipinski definition) is 2. The molecular formula is C10H12OS. The molecule has 0 saturated carbocycles. The number of carbonyl (C=O) groups is 1. The molecule has 0 saturated heterocycles. The first-order chi connectivity index (χ1) is 5.88. The lowest BCUT2D eigenvalue weighted by Crippen LogP contribution is -1.93. The molecule has 0 atom stereocenters. The standard InChI is InChI=1S/C10H12OS/c1-12-7-6-9-4-2-3-5-10(9)8-11/h2-5,8H,6-7H2,1H3. The molecule has 12 heavy (non-hydrogen) atoms. The number of hydrogen-bond donors (Lipinski definition) is 0. The van der Waals surface area contributed by atoms with Crippen molar-refractivity contribution in [3.8, 4) is 0 Å². The molecule has 0 unspecified atom stereocenters. The summed E-state index contributed by atoms with van der Waals surface area (Å²) in [6, 6.07) is 7.75. The Kier molecular flexibility index (Phi) is 3.88. The van der Waals surface area contributed by atoms with E-state index >= 15 is 0 Å². The van der Waals surface area contributed by atoms with Gasteiger partial charge in [-0.05, 0) is 24.0 Å². The van der Waals surface area contributed by atoms with Crippen LogP contribution in [0.5, 0.6) is 0 Å². The maximum absolute atomic E-state index is 10.6. The van der Waals surface area contributed by atoms with E-state index in [1.54, 1.807) is 11.8 Å². The van der Waals surface area contributed by atoms with Gasteiger partial charge in [-0.2, -0.15) is 11.8 Å². The maximum atomic E-state index is 10.6. The summed E-state index contributed by atoms with van der Waals surface area (Å²) in [7, 11) is 0. The van der Waals surface area contributed by atoms with Crippen molar-refractivity contribution in [2.24, 2.45) is 0 Å². The third kappa shape index (κ3) is 2.38. The fourth-order valence-electron chi connectivity index (χ4n) is 1.09. The maximum Gasteiger partial charge on any atom is 0.150 e. The molecule has 1 rings (SSSR count). The Morgan fingerprint density at radius 1 is 1.42 bits per heavy atom. The van der Waals surface area contributed by atoms with Gasteiger partial charge in [0.25, 0.3) is 0 Å². The third-order valence-electron chi connectivity index (χ3n) is 1.76. The lowest BCUT2D eigenvalue weighted by molar-refractivity contribution is 0.112. The van der Waals surface area contributed by atoms with Crippen molar-refractivity contribution in [2.45, 2.75) is 6.42 Å². The highest BCUT2D eigenvalue weighted by Gasteiger charge is 1.98. The molecule has 0 aliphatic rings. The average Bonchev–Trinajstić information content (AvgIpc) is 2.15. The van der Waals surface area contributed by atoms with Crippen LogP contribution in [-0.2, 0) is 6.42 Å². The van der Waals surface area contributed by atoms with Crippen LogP contribution in [0.1, 0.15) is 15.9 Å². The SMILES string of the molecule is CSCCc1ccccc1C=O. The smallest absolute Gasteiger partial charge is 0.150 e. The monoisotopic (exact) mass is 180 g/mol.